The van der Waals surface area contributed by atoms with Crippen LogP contribution >= 0.6 is 11.6 Å². The van der Waals surface area contributed by atoms with Gasteiger partial charge in [0.25, 0.3) is 10.9 Å². The molecule has 3 N–H and O–H groups in total. The largest absolute Gasteiger partial charge is 0.464 e. The third kappa shape index (κ3) is 3.37. The molecule has 158 valence electrons. The van der Waals surface area contributed by atoms with Crippen molar-refractivity contribution in [3.05, 3.63) is 67.5 Å². The predicted octanol–water partition coefficient (Wildman–Crippen LogP) is 2.97. The number of aryl methyl sites for hydroxylation is 1. The first kappa shape index (κ1) is 20.5. The van der Waals surface area contributed by atoms with Crippen LogP contribution in [0.4, 0.5) is 11.4 Å². The SMILES string of the molecule is Cc1ccc([C@H](Nc2c(NC3=C4C(=O)NCC4C(Cl)C=C3)c(=O)c2=O)C(C)(C)C)o1. The van der Waals surface area contributed by atoms with Gasteiger partial charge in [0.15, 0.2) is 0 Å². The number of rotatable bonds is 5. The van der Waals surface area contributed by atoms with Crippen LogP contribution in [0.25, 0.3) is 0 Å². The van der Waals surface area contributed by atoms with Crippen LogP contribution in [0.15, 0.2) is 49.6 Å². The van der Waals surface area contributed by atoms with E-state index < -0.39 is 10.9 Å². The molecule has 3 atom stereocenters. The van der Waals surface area contributed by atoms with E-state index in [0.717, 1.165) is 5.76 Å². The smallest absolute Gasteiger partial charge is 0.253 e. The van der Waals surface area contributed by atoms with Gasteiger partial charge in [-0.05, 0) is 30.5 Å². The standard InChI is InChI=1S/C22H24ClN3O4/c1-10-5-8-14(30-10)20(22(2,3)4)26-17-16(18(27)19(17)28)25-13-7-6-12(23)11-9-24-21(29)15(11)13/h5-8,11-12,20,25-26H,9H2,1-4H3,(H,24,29)/t11?,12?,20-/m0/s1. The van der Waals surface area contributed by atoms with E-state index in [-0.39, 0.29) is 40.0 Å². The Bertz CT molecular complexity index is 1140. The topological polar surface area (TPSA) is 100 Å². The maximum absolute atomic E-state index is 12.4. The van der Waals surface area contributed by atoms with Crippen LogP contribution < -0.4 is 26.8 Å². The van der Waals surface area contributed by atoms with Crippen molar-refractivity contribution >= 4 is 28.9 Å². The molecule has 0 radical (unpaired) electrons. The number of furan rings is 1. The molecule has 7 nitrogen and oxygen atoms in total. The lowest BCUT2D eigenvalue weighted by Crippen LogP contribution is -2.40. The Hall–Kier alpha value is -2.80. The van der Waals surface area contributed by atoms with Gasteiger partial charge in [0.2, 0.25) is 5.91 Å². The highest BCUT2D eigenvalue weighted by Gasteiger charge is 2.38. The fourth-order valence-electron chi connectivity index (χ4n) is 3.93. The molecule has 2 aromatic rings. The highest BCUT2D eigenvalue weighted by atomic mass is 35.5. The van der Waals surface area contributed by atoms with Crippen molar-refractivity contribution < 1.29 is 9.21 Å². The molecule has 1 saturated heterocycles. The molecular weight excluding hydrogens is 406 g/mol. The minimum Gasteiger partial charge on any atom is -0.464 e. The normalized spacial score (nSPS) is 22.2. The summed E-state index contributed by atoms with van der Waals surface area (Å²) in [5.41, 5.74) is -0.174. The molecule has 8 heteroatoms. The number of nitrogens with one attached hydrogen (secondary N) is 3. The van der Waals surface area contributed by atoms with E-state index >= 15 is 0 Å². The van der Waals surface area contributed by atoms with E-state index in [2.05, 4.69) is 16.0 Å². The molecule has 0 bridgehead atoms. The maximum Gasteiger partial charge on any atom is 0.253 e. The van der Waals surface area contributed by atoms with E-state index in [1.165, 1.54) is 0 Å². The van der Waals surface area contributed by atoms with Gasteiger partial charge in [-0.3, -0.25) is 14.4 Å². The summed E-state index contributed by atoms with van der Waals surface area (Å²) >= 11 is 6.31. The van der Waals surface area contributed by atoms with Crippen LogP contribution in [-0.2, 0) is 4.79 Å². The summed E-state index contributed by atoms with van der Waals surface area (Å²) in [4.78, 5) is 37.0. The summed E-state index contributed by atoms with van der Waals surface area (Å²) in [5.74, 6) is 1.05. The molecule has 1 aliphatic heterocycles. The quantitative estimate of drug-likeness (QED) is 0.499. The van der Waals surface area contributed by atoms with Crippen LogP contribution in [0.5, 0.6) is 0 Å². The monoisotopic (exact) mass is 429 g/mol. The van der Waals surface area contributed by atoms with E-state index in [0.29, 0.717) is 23.6 Å². The molecule has 0 spiro atoms. The summed E-state index contributed by atoms with van der Waals surface area (Å²) in [7, 11) is 0. The number of halogens is 1. The second-order valence-corrected chi connectivity index (χ2v) is 9.38. The van der Waals surface area contributed by atoms with E-state index in [1.807, 2.05) is 39.8 Å². The minimum absolute atomic E-state index is 0.149. The molecular formula is C22H24ClN3O4. The number of carbonyl (C=O) groups excluding carboxylic acids is 1. The number of alkyl halides is 1. The van der Waals surface area contributed by atoms with Gasteiger partial charge < -0.3 is 20.4 Å². The van der Waals surface area contributed by atoms with Crippen LogP contribution in [0.3, 0.4) is 0 Å². The van der Waals surface area contributed by atoms with Crippen molar-refractivity contribution in [3.63, 3.8) is 0 Å². The Morgan fingerprint density at radius 3 is 2.50 bits per heavy atom. The Balaban J connectivity index is 1.68. The Morgan fingerprint density at radius 1 is 1.17 bits per heavy atom. The Kier molecular flexibility index (Phi) is 4.89. The van der Waals surface area contributed by atoms with E-state index in [4.69, 9.17) is 16.0 Å². The molecule has 1 amide bonds. The predicted molar refractivity (Wildman–Crippen MR) is 117 cm³/mol. The summed E-state index contributed by atoms with van der Waals surface area (Å²) in [6.45, 7) is 8.35. The second-order valence-electron chi connectivity index (χ2n) is 8.87. The third-order valence-corrected chi connectivity index (χ3v) is 6.04. The molecule has 4 rings (SSSR count). The van der Waals surface area contributed by atoms with E-state index in [9.17, 15) is 14.4 Å². The Morgan fingerprint density at radius 2 is 1.87 bits per heavy atom. The molecule has 2 heterocycles. The van der Waals surface area contributed by atoms with Gasteiger partial charge in [0.1, 0.15) is 22.9 Å². The first-order valence-corrected chi connectivity index (χ1v) is 10.3. The van der Waals surface area contributed by atoms with Gasteiger partial charge >= 0.3 is 0 Å². The highest BCUT2D eigenvalue weighted by molar-refractivity contribution is 6.23. The fourth-order valence-corrected chi connectivity index (χ4v) is 4.22. The van der Waals surface area contributed by atoms with Gasteiger partial charge in [-0.15, -0.1) is 11.6 Å². The molecule has 30 heavy (non-hydrogen) atoms. The number of hydrogen-bond donors (Lipinski definition) is 3. The van der Waals surface area contributed by atoms with Crippen molar-refractivity contribution in [1.29, 1.82) is 0 Å². The molecule has 2 aliphatic rings. The number of allylic oxidation sites excluding steroid dienone is 2. The maximum atomic E-state index is 12.4. The number of anilines is 2. The third-order valence-electron chi connectivity index (χ3n) is 5.59. The number of amides is 1. The molecule has 1 aliphatic carbocycles. The first-order valence-electron chi connectivity index (χ1n) is 9.85. The first-order chi connectivity index (χ1) is 14.1. The average Bonchev–Trinajstić information content (AvgIpc) is 3.28. The average molecular weight is 430 g/mol. The zero-order valence-electron chi connectivity index (χ0n) is 17.3. The molecule has 2 unspecified atom stereocenters. The summed E-state index contributed by atoms with van der Waals surface area (Å²) in [5, 5.41) is 8.69. The fraction of sp³-hybridized carbons (Fsp3) is 0.409. The molecule has 0 saturated carbocycles. The van der Waals surface area contributed by atoms with Crippen LogP contribution in [0, 0.1) is 18.3 Å². The van der Waals surface area contributed by atoms with Gasteiger partial charge in [-0.1, -0.05) is 26.8 Å². The summed E-state index contributed by atoms with van der Waals surface area (Å²) in [6.07, 6.45) is 3.47. The minimum atomic E-state index is -0.620. The summed E-state index contributed by atoms with van der Waals surface area (Å²) < 4.78 is 5.78. The molecule has 1 aromatic carbocycles. The van der Waals surface area contributed by atoms with Gasteiger partial charge in [0.05, 0.1) is 11.4 Å². The lowest BCUT2D eigenvalue weighted by atomic mass is 9.84. The van der Waals surface area contributed by atoms with E-state index in [1.54, 1.807) is 12.2 Å². The zero-order valence-corrected chi connectivity index (χ0v) is 18.0. The van der Waals surface area contributed by atoms with Crippen molar-refractivity contribution in [2.24, 2.45) is 11.3 Å². The Labute approximate surface area is 178 Å². The molecule has 1 aromatic heterocycles. The van der Waals surface area contributed by atoms with Gasteiger partial charge in [0, 0.05) is 23.7 Å². The second kappa shape index (κ2) is 7.16. The summed E-state index contributed by atoms with van der Waals surface area (Å²) in [6, 6.07) is 3.39. The van der Waals surface area contributed by atoms with Crippen molar-refractivity contribution in [3.8, 4) is 0 Å². The molecule has 1 fully saturated rings. The highest BCUT2D eigenvalue weighted by Crippen LogP contribution is 2.38. The lowest BCUT2D eigenvalue weighted by Gasteiger charge is -2.32. The van der Waals surface area contributed by atoms with Crippen LogP contribution in [-0.4, -0.2) is 17.8 Å². The number of fused-ring (bicyclic) bond motifs is 1. The van der Waals surface area contributed by atoms with Crippen LogP contribution in [0.1, 0.15) is 38.3 Å². The van der Waals surface area contributed by atoms with Crippen LogP contribution in [0.2, 0.25) is 0 Å². The number of carbonyl (C=O) groups is 1. The van der Waals surface area contributed by atoms with Crippen molar-refractivity contribution in [2.45, 2.75) is 39.1 Å². The van der Waals surface area contributed by atoms with Crippen molar-refractivity contribution in [2.75, 3.05) is 17.2 Å². The van der Waals surface area contributed by atoms with Gasteiger partial charge in [-0.25, -0.2) is 0 Å². The van der Waals surface area contributed by atoms with Gasteiger partial charge in [-0.2, -0.15) is 0 Å². The lowest BCUT2D eigenvalue weighted by molar-refractivity contribution is -0.116. The zero-order chi connectivity index (χ0) is 21.8. The number of hydrogen-bond acceptors (Lipinski definition) is 6. The van der Waals surface area contributed by atoms with Crippen molar-refractivity contribution in [1.82, 2.24) is 5.32 Å².